The van der Waals surface area contributed by atoms with Crippen LogP contribution in [0.2, 0.25) is 0 Å². The van der Waals surface area contributed by atoms with Gasteiger partial charge in [-0.2, -0.15) is 4.31 Å². The van der Waals surface area contributed by atoms with E-state index in [2.05, 4.69) is 4.98 Å². The highest BCUT2D eigenvalue weighted by Gasteiger charge is 2.32. The van der Waals surface area contributed by atoms with Gasteiger partial charge in [0.25, 0.3) is 10.0 Å². The summed E-state index contributed by atoms with van der Waals surface area (Å²) in [5.74, 6) is 0. The molecule has 1 aliphatic rings. The van der Waals surface area contributed by atoms with Gasteiger partial charge >= 0.3 is 0 Å². The third-order valence-corrected chi connectivity index (χ3v) is 5.09. The molecule has 6 nitrogen and oxygen atoms in total. The molecule has 0 aliphatic carbocycles. The number of hydrogen-bond acceptors (Lipinski definition) is 4. The molecule has 0 bridgehead atoms. The van der Waals surface area contributed by atoms with Crippen LogP contribution in [0.5, 0.6) is 0 Å². The molecule has 1 aliphatic heterocycles. The van der Waals surface area contributed by atoms with Gasteiger partial charge in [0.15, 0.2) is 5.03 Å². The van der Waals surface area contributed by atoms with E-state index in [0.29, 0.717) is 32.4 Å². The lowest BCUT2D eigenvalue weighted by atomic mass is 9.98. The topological polar surface area (TPSA) is 75.4 Å². The Kier molecular flexibility index (Phi) is 3.48. The Morgan fingerprint density at radius 1 is 1.39 bits per heavy atom. The highest BCUT2D eigenvalue weighted by Crippen LogP contribution is 2.24. The van der Waals surface area contributed by atoms with Crippen molar-refractivity contribution in [2.24, 2.45) is 7.05 Å². The minimum atomic E-state index is -3.52. The van der Waals surface area contributed by atoms with Gasteiger partial charge in [-0.1, -0.05) is 0 Å². The largest absolute Gasteiger partial charge is 0.390 e. The maximum atomic E-state index is 12.3. The van der Waals surface area contributed by atoms with E-state index in [9.17, 15) is 13.5 Å². The van der Waals surface area contributed by atoms with E-state index in [-0.39, 0.29) is 5.03 Å². The predicted octanol–water partition coefficient (Wildman–Crippen LogP) is 0.346. The third kappa shape index (κ3) is 2.73. The monoisotopic (exact) mass is 273 g/mol. The van der Waals surface area contributed by atoms with Crippen molar-refractivity contribution in [1.29, 1.82) is 0 Å². The van der Waals surface area contributed by atoms with Crippen LogP contribution < -0.4 is 0 Å². The summed E-state index contributed by atoms with van der Waals surface area (Å²) < 4.78 is 27.7. The molecule has 1 saturated heterocycles. The fraction of sp³-hybridized carbons (Fsp3) is 0.727. The highest BCUT2D eigenvalue weighted by atomic mass is 32.2. The molecule has 7 heteroatoms. The summed E-state index contributed by atoms with van der Waals surface area (Å²) in [5, 5.41) is 10.0. The summed E-state index contributed by atoms with van der Waals surface area (Å²) in [6, 6.07) is 0. The quantitative estimate of drug-likeness (QED) is 0.843. The molecule has 0 saturated carbocycles. The fourth-order valence-electron chi connectivity index (χ4n) is 2.13. The molecule has 2 rings (SSSR count). The second-order valence-corrected chi connectivity index (χ2v) is 7.02. The van der Waals surface area contributed by atoms with E-state index in [1.807, 2.05) is 0 Å². The van der Waals surface area contributed by atoms with Crippen LogP contribution in [-0.2, 0) is 17.1 Å². The number of rotatable bonds is 2. The van der Waals surface area contributed by atoms with Crippen LogP contribution in [0.3, 0.4) is 0 Å². The van der Waals surface area contributed by atoms with Crippen molar-refractivity contribution < 1.29 is 13.5 Å². The van der Waals surface area contributed by atoms with E-state index in [1.165, 1.54) is 16.8 Å². The SMILES string of the molecule is Cn1cnc(S(=O)(=O)N2CCCC(C)(O)CC2)c1. The number of sulfonamides is 1. The molecule has 1 fully saturated rings. The van der Waals surface area contributed by atoms with Crippen LogP contribution in [0.4, 0.5) is 0 Å². The maximum absolute atomic E-state index is 12.3. The van der Waals surface area contributed by atoms with Gasteiger partial charge in [-0.3, -0.25) is 0 Å². The zero-order valence-corrected chi connectivity index (χ0v) is 11.5. The maximum Gasteiger partial charge on any atom is 0.262 e. The van der Waals surface area contributed by atoms with Crippen molar-refractivity contribution in [2.45, 2.75) is 36.8 Å². The molecule has 1 aromatic rings. The van der Waals surface area contributed by atoms with E-state index in [0.717, 1.165) is 0 Å². The lowest BCUT2D eigenvalue weighted by molar-refractivity contribution is 0.0465. The fourth-order valence-corrected chi connectivity index (χ4v) is 3.58. The number of nitrogens with zero attached hydrogens (tertiary/aromatic N) is 3. The average molecular weight is 273 g/mol. The van der Waals surface area contributed by atoms with Gasteiger partial charge in [0.05, 0.1) is 11.9 Å². The molecule has 1 atom stereocenters. The number of hydrogen-bond donors (Lipinski definition) is 1. The van der Waals surface area contributed by atoms with Gasteiger partial charge < -0.3 is 9.67 Å². The van der Waals surface area contributed by atoms with Gasteiger partial charge in [-0.05, 0) is 26.2 Å². The molecular formula is C11H19N3O3S. The molecule has 2 heterocycles. The summed E-state index contributed by atoms with van der Waals surface area (Å²) in [6.07, 6.45) is 4.72. The number of aromatic nitrogens is 2. The van der Waals surface area contributed by atoms with Crippen LogP contribution in [-0.4, -0.2) is 46.1 Å². The summed E-state index contributed by atoms with van der Waals surface area (Å²) in [5.41, 5.74) is -0.769. The Bertz CT molecular complexity index is 521. The second kappa shape index (κ2) is 4.64. The van der Waals surface area contributed by atoms with Gasteiger partial charge in [0.1, 0.15) is 0 Å². The molecular weight excluding hydrogens is 254 g/mol. The molecule has 0 spiro atoms. The average Bonchev–Trinajstić information content (AvgIpc) is 2.61. The Morgan fingerprint density at radius 3 is 2.72 bits per heavy atom. The number of aliphatic hydroxyl groups is 1. The van der Waals surface area contributed by atoms with E-state index in [1.54, 1.807) is 18.5 Å². The lowest BCUT2D eigenvalue weighted by Crippen LogP contribution is -2.33. The molecule has 1 aromatic heterocycles. The Hall–Kier alpha value is -0.920. The molecule has 1 unspecified atom stereocenters. The van der Waals surface area contributed by atoms with Crippen molar-refractivity contribution in [3.63, 3.8) is 0 Å². The van der Waals surface area contributed by atoms with Crippen molar-refractivity contribution in [3.05, 3.63) is 12.5 Å². The first kappa shape index (κ1) is 13.5. The van der Waals surface area contributed by atoms with Gasteiger partial charge in [-0.25, -0.2) is 13.4 Å². The molecule has 0 aromatic carbocycles. The van der Waals surface area contributed by atoms with Gasteiger partial charge in [0, 0.05) is 26.3 Å². The first-order valence-corrected chi connectivity index (χ1v) is 7.46. The first-order chi connectivity index (χ1) is 8.31. The minimum Gasteiger partial charge on any atom is -0.390 e. The normalized spacial score (nSPS) is 27.1. The van der Waals surface area contributed by atoms with Crippen LogP contribution in [0.25, 0.3) is 0 Å². The molecule has 18 heavy (non-hydrogen) atoms. The van der Waals surface area contributed by atoms with Crippen LogP contribution >= 0.6 is 0 Å². The zero-order valence-electron chi connectivity index (χ0n) is 10.7. The smallest absolute Gasteiger partial charge is 0.262 e. The summed E-state index contributed by atoms with van der Waals surface area (Å²) in [4.78, 5) is 3.90. The molecule has 0 radical (unpaired) electrons. The minimum absolute atomic E-state index is 0.0755. The summed E-state index contributed by atoms with van der Waals surface area (Å²) >= 11 is 0. The standard InChI is InChI=1S/C11H19N3O3S/c1-11(15)4-3-6-14(7-5-11)18(16,17)10-8-13(2)9-12-10/h8-9,15H,3-7H2,1-2H3. The van der Waals surface area contributed by atoms with Crippen molar-refractivity contribution in [1.82, 2.24) is 13.9 Å². The summed E-state index contributed by atoms with van der Waals surface area (Å²) in [6.45, 7) is 2.53. The van der Waals surface area contributed by atoms with Crippen LogP contribution in [0, 0.1) is 0 Å². The van der Waals surface area contributed by atoms with Crippen molar-refractivity contribution in [2.75, 3.05) is 13.1 Å². The Labute approximate surface area is 107 Å². The van der Waals surface area contributed by atoms with Crippen LogP contribution in [0.15, 0.2) is 17.6 Å². The lowest BCUT2D eigenvalue weighted by Gasteiger charge is -2.21. The summed E-state index contributed by atoms with van der Waals surface area (Å²) in [7, 11) is -1.79. The third-order valence-electron chi connectivity index (χ3n) is 3.31. The van der Waals surface area contributed by atoms with Gasteiger partial charge in [-0.15, -0.1) is 0 Å². The van der Waals surface area contributed by atoms with Gasteiger partial charge in [0.2, 0.25) is 0 Å². The van der Waals surface area contributed by atoms with E-state index in [4.69, 9.17) is 0 Å². The van der Waals surface area contributed by atoms with E-state index < -0.39 is 15.6 Å². The Balaban J connectivity index is 2.21. The van der Waals surface area contributed by atoms with E-state index >= 15 is 0 Å². The zero-order chi connectivity index (χ0) is 13.4. The predicted molar refractivity (Wildman–Crippen MR) is 66.4 cm³/mol. The van der Waals surface area contributed by atoms with Crippen molar-refractivity contribution in [3.8, 4) is 0 Å². The molecule has 102 valence electrons. The molecule has 1 N–H and O–H groups in total. The first-order valence-electron chi connectivity index (χ1n) is 6.02. The number of imidazole rings is 1. The van der Waals surface area contributed by atoms with Crippen LogP contribution in [0.1, 0.15) is 26.2 Å². The van der Waals surface area contributed by atoms with Crippen molar-refractivity contribution >= 4 is 10.0 Å². The number of aryl methyl sites for hydroxylation is 1. The molecule has 0 amide bonds. The highest BCUT2D eigenvalue weighted by molar-refractivity contribution is 7.89. The Morgan fingerprint density at radius 2 is 2.11 bits per heavy atom. The second-order valence-electron chi connectivity index (χ2n) is 5.13.